The number of thiocarbonyl (C=S) groups is 1. The maximum atomic E-state index is 12.6. The van der Waals surface area contributed by atoms with Crippen molar-refractivity contribution < 1.29 is 14.3 Å². The second-order valence-electron chi connectivity index (χ2n) is 10.4. The van der Waals surface area contributed by atoms with Gasteiger partial charge in [-0.2, -0.15) is 0 Å². The van der Waals surface area contributed by atoms with Crippen molar-refractivity contribution in [1.82, 2.24) is 0 Å². The lowest BCUT2D eigenvalue weighted by atomic mass is 9.47. The molecule has 0 bridgehead atoms. The summed E-state index contributed by atoms with van der Waals surface area (Å²) in [5, 5.41) is 2.57. The number of ether oxygens (including phenoxy) is 1. The van der Waals surface area contributed by atoms with Gasteiger partial charge < -0.3 is 4.74 Å². The van der Waals surface area contributed by atoms with E-state index in [-0.39, 0.29) is 40.6 Å². The van der Waals surface area contributed by atoms with E-state index in [1.165, 1.54) is 18.9 Å². The summed E-state index contributed by atoms with van der Waals surface area (Å²) >= 11 is 4.91. The van der Waals surface area contributed by atoms with E-state index in [0.29, 0.717) is 17.8 Å². The van der Waals surface area contributed by atoms with Crippen molar-refractivity contribution >= 4 is 29.1 Å². The molecule has 0 aromatic rings. The molecule has 3 saturated carbocycles. The normalized spacial score (nSPS) is 45.7. The first kappa shape index (κ1) is 20.9. The van der Waals surface area contributed by atoms with Crippen LogP contribution in [0.25, 0.3) is 0 Å². The van der Waals surface area contributed by atoms with Crippen LogP contribution in [-0.2, 0) is 14.3 Å². The summed E-state index contributed by atoms with van der Waals surface area (Å²) in [5.74, 6) is 1.80. The minimum atomic E-state index is -0.173. The topological polar surface area (TPSA) is 55.7 Å². The smallest absolute Gasteiger partial charge is 0.302 e. The van der Waals surface area contributed by atoms with Crippen molar-refractivity contribution in [1.29, 1.82) is 0 Å². The number of hydrogen-bond acceptors (Lipinski definition) is 5. The maximum absolute atomic E-state index is 12.6. The first-order valence-electron chi connectivity index (χ1n) is 11.1. The Morgan fingerprint density at radius 3 is 2.62 bits per heavy atom. The highest BCUT2D eigenvalue weighted by atomic mass is 32.1. The number of hydrogen-bond donors (Lipinski definition) is 0. The number of fused-ring (bicyclic) bond motifs is 5. The van der Waals surface area contributed by atoms with E-state index < -0.39 is 0 Å². The van der Waals surface area contributed by atoms with Crippen molar-refractivity contribution in [3.05, 3.63) is 11.6 Å². The Kier molecular flexibility index (Phi) is 5.36. The molecule has 0 radical (unpaired) electrons. The van der Waals surface area contributed by atoms with E-state index in [4.69, 9.17) is 17.0 Å². The Hall–Kier alpha value is -1.32. The summed E-state index contributed by atoms with van der Waals surface area (Å²) < 4.78 is 5.54. The van der Waals surface area contributed by atoms with Gasteiger partial charge in [-0.1, -0.05) is 25.5 Å². The monoisotopic (exact) mass is 415 g/mol. The van der Waals surface area contributed by atoms with E-state index in [1.807, 2.05) is 0 Å². The number of esters is 1. The first-order valence-corrected chi connectivity index (χ1v) is 11.6. The summed E-state index contributed by atoms with van der Waals surface area (Å²) in [7, 11) is 0. The molecule has 0 aromatic carbocycles. The van der Waals surface area contributed by atoms with Crippen molar-refractivity contribution in [3.8, 4) is 0 Å². The van der Waals surface area contributed by atoms with Gasteiger partial charge in [0.1, 0.15) is 11.9 Å². The Balaban J connectivity index is 1.63. The third kappa shape index (κ3) is 3.25. The molecule has 4 nitrogen and oxygen atoms in total. The van der Waals surface area contributed by atoms with Crippen LogP contribution in [0.4, 0.5) is 0 Å². The zero-order chi connectivity index (χ0) is 21.0. The molecule has 8 atom stereocenters. The molecule has 4 rings (SSSR count). The number of Topliss-reactive ketones (excluding diaryl/α,β-unsaturated/α-hetero) is 1. The molecule has 0 unspecified atom stereocenters. The molecule has 158 valence electrons. The van der Waals surface area contributed by atoms with Crippen LogP contribution < -0.4 is 0 Å². The van der Waals surface area contributed by atoms with Crippen molar-refractivity contribution in [2.45, 2.75) is 84.8 Å². The number of isothiocyanates is 1. The predicted octanol–water partition coefficient (Wildman–Crippen LogP) is 5.17. The molecule has 0 spiro atoms. The molecule has 0 heterocycles. The fourth-order valence-electron chi connectivity index (χ4n) is 7.91. The van der Waals surface area contributed by atoms with E-state index in [1.54, 1.807) is 6.92 Å². The van der Waals surface area contributed by atoms with Crippen LogP contribution in [0.3, 0.4) is 0 Å². The van der Waals surface area contributed by atoms with Crippen molar-refractivity contribution in [3.63, 3.8) is 0 Å². The van der Waals surface area contributed by atoms with Gasteiger partial charge in [0.15, 0.2) is 0 Å². The second kappa shape index (κ2) is 7.42. The highest BCUT2D eigenvalue weighted by Gasteiger charge is 2.62. The van der Waals surface area contributed by atoms with Crippen LogP contribution in [0.1, 0.15) is 72.6 Å². The fourth-order valence-corrected chi connectivity index (χ4v) is 8.04. The average Bonchev–Trinajstić information content (AvgIpc) is 2.94. The molecule has 0 aliphatic heterocycles. The number of rotatable bonds is 3. The summed E-state index contributed by atoms with van der Waals surface area (Å²) in [4.78, 5) is 28.5. The molecule has 29 heavy (non-hydrogen) atoms. The van der Waals surface area contributed by atoms with Crippen molar-refractivity contribution in [2.24, 2.45) is 39.5 Å². The van der Waals surface area contributed by atoms with Crippen LogP contribution in [0.5, 0.6) is 0 Å². The standard InChI is InChI=1S/C24H33NO3S/c1-14(26)22-21(25-13-29)12-20-18-6-5-16-11-17(28-15(2)27)7-9-23(16,3)19(18)8-10-24(20,22)4/h5,17-22H,6-12H2,1-4H3/t17-,18+,19-,20+,21+,22+,23+,24+/m1/s1. The quantitative estimate of drug-likeness (QED) is 0.276. The molecule has 3 fully saturated rings. The van der Waals surface area contributed by atoms with Crippen LogP contribution in [0, 0.1) is 34.5 Å². The zero-order valence-corrected chi connectivity index (χ0v) is 18.9. The molecular weight excluding hydrogens is 382 g/mol. The van der Waals surface area contributed by atoms with Gasteiger partial charge in [0.2, 0.25) is 0 Å². The molecule has 5 heteroatoms. The molecule has 0 amide bonds. The van der Waals surface area contributed by atoms with Gasteiger partial charge in [-0.3, -0.25) is 9.59 Å². The Morgan fingerprint density at radius 2 is 1.97 bits per heavy atom. The lowest BCUT2D eigenvalue weighted by Crippen LogP contribution is -2.51. The van der Waals surface area contributed by atoms with Gasteiger partial charge in [0.05, 0.1) is 11.2 Å². The summed E-state index contributed by atoms with van der Waals surface area (Å²) in [6, 6.07) is -0.00312. The van der Waals surface area contributed by atoms with Crippen molar-refractivity contribution in [2.75, 3.05) is 0 Å². The van der Waals surface area contributed by atoms with Gasteiger partial charge in [0, 0.05) is 19.3 Å². The minimum Gasteiger partial charge on any atom is -0.462 e. The summed E-state index contributed by atoms with van der Waals surface area (Å²) in [5.41, 5.74) is 1.71. The van der Waals surface area contributed by atoms with E-state index >= 15 is 0 Å². The largest absolute Gasteiger partial charge is 0.462 e. The Morgan fingerprint density at radius 1 is 1.21 bits per heavy atom. The maximum Gasteiger partial charge on any atom is 0.302 e. The van der Waals surface area contributed by atoms with E-state index in [9.17, 15) is 9.59 Å². The number of allylic oxidation sites excluding steroid dienone is 1. The average molecular weight is 416 g/mol. The SMILES string of the molecule is CC(=O)O[C@@H]1CC[C@@]2(C)C(=CC[C@H]3[C@H]2CC[C@@]2(C)[C@H]3C[C@H](N=C=S)[C@@H]2C(C)=O)C1. The predicted molar refractivity (Wildman–Crippen MR) is 116 cm³/mol. The fraction of sp³-hybridized carbons (Fsp3) is 0.792. The molecule has 4 aliphatic rings. The minimum absolute atomic E-state index is 0.00312. The molecular formula is C24H33NO3S. The van der Waals surface area contributed by atoms with Gasteiger partial charge in [-0.15, -0.1) is 0 Å². The second-order valence-corrected chi connectivity index (χ2v) is 10.6. The van der Waals surface area contributed by atoms with E-state index in [0.717, 1.165) is 38.5 Å². The van der Waals surface area contributed by atoms with Crippen LogP contribution in [-0.4, -0.2) is 29.1 Å². The lowest BCUT2D eigenvalue weighted by Gasteiger charge is -2.57. The van der Waals surface area contributed by atoms with Crippen LogP contribution in [0.15, 0.2) is 16.6 Å². The lowest BCUT2D eigenvalue weighted by molar-refractivity contribution is -0.149. The Bertz CT molecular complexity index is 800. The van der Waals surface area contributed by atoms with Gasteiger partial charge in [-0.05, 0) is 86.3 Å². The summed E-state index contributed by atoms with van der Waals surface area (Å²) in [6.45, 7) is 8.00. The zero-order valence-electron chi connectivity index (χ0n) is 18.1. The number of nitrogens with zero attached hydrogens (tertiary/aromatic N) is 1. The van der Waals surface area contributed by atoms with Gasteiger partial charge in [-0.25, -0.2) is 4.99 Å². The number of aliphatic imine (C=N–C) groups is 1. The third-order valence-corrected chi connectivity index (χ3v) is 9.18. The third-order valence-electron chi connectivity index (χ3n) is 9.08. The molecule has 0 N–H and O–H groups in total. The molecule has 0 saturated heterocycles. The number of ketones is 1. The number of carbonyl (C=O) groups excluding carboxylic acids is 2. The van der Waals surface area contributed by atoms with Crippen LogP contribution >= 0.6 is 12.2 Å². The summed E-state index contributed by atoms with van der Waals surface area (Å²) in [6.07, 6.45) is 9.68. The highest BCUT2D eigenvalue weighted by Crippen LogP contribution is 2.66. The van der Waals surface area contributed by atoms with Crippen LogP contribution in [0.2, 0.25) is 0 Å². The highest BCUT2D eigenvalue weighted by molar-refractivity contribution is 7.78. The van der Waals surface area contributed by atoms with Gasteiger partial charge >= 0.3 is 5.97 Å². The molecule has 0 aromatic heterocycles. The Labute approximate surface area is 179 Å². The van der Waals surface area contributed by atoms with Gasteiger partial charge in [0.25, 0.3) is 0 Å². The van der Waals surface area contributed by atoms with E-state index in [2.05, 4.69) is 30.1 Å². The first-order chi connectivity index (χ1) is 13.7. The molecule has 4 aliphatic carbocycles. The number of carbonyl (C=O) groups is 2.